The predicted molar refractivity (Wildman–Crippen MR) is 93.5 cm³/mol. The summed E-state index contributed by atoms with van der Waals surface area (Å²) in [6.07, 6.45) is 6.21. The summed E-state index contributed by atoms with van der Waals surface area (Å²) >= 11 is 1.49. The average molecular weight is 344 g/mol. The lowest BCUT2D eigenvalue weighted by Gasteiger charge is -2.22. The highest BCUT2D eigenvalue weighted by Crippen LogP contribution is 2.33. The van der Waals surface area contributed by atoms with Gasteiger partial charge in [0.2, 0.25) is 0 Å². The molecule has 1 atom stereocenters. The zero-order chi connectivity index (χ0) is 16.8. The van der Waals surface area contributed by atoms with Crippen molar-refractivity contribution in [1.29, 1.82) is 0 Å². The Morgan fingerprint density at radius 2 is 2.21 bits per heavy atom. The summed E-state index contributed by atoms with van der Waals surface area (Å²) in [6, 6.07) is 2.15. The minimum Gasteiger partial charge on any atom is -0.375 e. The van der Waals surface area contributed by atoms with Crippen molar-refractivity contribution >= 4 is 22.4 Å². The Balaban J connectivity index is 1.55. The number of nitrogens with one attached hydrogen (secondary N) is 1. The third-order valence-electron chi connectivity index (χ3n) is 4.79. The van der Waals surface area contributed by atoms with Crippen LogP contribution in [0.25, 0.3) is 0 Å². The minimum atomic E-state index is -0.265. The first-order chi connectivity index (χ1) is 11.5. The van der Waals surface area contributed by atoms with Gasteiger partial charge in [0, 0.05) is 29.6 Å². The molecule has 1 saturated carbocycles. The Labute approximate surface area is 143 Å². The van der Waals surface area contributed by atoms with E-state index in [2.05, 4.69) is 10.3 Å². The number of amides is 1. The van der Waals surface area contributed by atoms with Crippen molar-refractivity contribution in [2.24, 2.45) is 0 Å². The second-order valence-corrected chi connectivity index (χ2v) is 7.77. The molecule has 0 aromatic carbocycles. The number of anilines is 1. The zero-order valence-corrected chi connectivity index (χ0v) is 14.4. The molecule has 24 heavy (non-hydrogen) atoms. The molecular weight excluding hydrogens is 324 g/mol. The summed E-state index contributed by atoms with van der Waals surface area (Å²) in [5.41, 5.74) is 7.65. The highest BCUT2D eigenvalue weighted by Gasteiger charge is 2.28. The van der Waals surface area contributed by atoms with Crippen LogP contribution in [0.5, 0.6) is 0 Å². The van der Waals surface area contributed by atoms with E-state index in [0.717, 1.165) is 48.2 Å². The lowest BCUT2D eigenvalue weighted by Crippen LogP contribution is -2.42. The molecule has 7 heteroatoms. The van der Waals surface area contributed by atoms with E-state index in [1.807, 2.05) is 13.0 Å². The van der Waals surface area contributed by atoms with Crippen LogP contribution in [-0.4, -0.2) is 21.5 Å². The molecule has 1 amide bonds. The summed E-state index contributed by atoms with van der Waals surface area (Å²) in [6.45, 7) is 1.82. The maximum atomic E-state index is 12.7. The lowest BCUT2D eigenvalue weighted by atomic mass is 9.97. The number of aromatic nitrogens is 2. The van der Waals surface area contributed by atoms with Gasteiger partial charge in [0.25, 0.3) is 11.5 Å². The van der Waals surface area contributed by atoms with E-state index >= 15 is 0 Å². The van der Waals surface area contributed by atoms with Gasteiger partial charge in [-0.05, 0) is 44.2 Å². The normalized spacial score (nSPS) is 19.8. The number of pyridine rings is 1. The van der Waals surface area contributed by atoms with E-state index < -0.39 is 0 Å². The van der Waals surface area contributed by atoms with E-state index in [9.17, 15) is 9.59 Å². The van der Waals surface area contributed by atoms with E-state index in [0.29, 0.717) is 5.13 Å². The van der Waals surface area contributed by atoms with Gasteiger partial charge in [-0.25, -0.2) is 4.98 Å². The van der Waals surface area contributed by atoms with Gasteiger partial charge < -0.3 is 15.6 Å². The molecule has 0 radical (unpaired) electrons. The number of aryl methyl sites for hydroxylation is 2. The van der Waals surface area contributed by atoms with Crippen LogP contribution < -0.4 is 16.6 Å². The molecule has 0 aliphatic heterocycles. The third kappa shape index (κ3) is 2.73. The minimum absolute atomic E-state index is 0.0261. The number of hydrogen-bond donors (Lipinski definition) is 2. The predicted octanol–water partition coefficient (Wildman–Crippen LogP) is 1.82. The zero-order valence-electron chi connectivity index (χ0n) is 13.5. The summed E-state index contributed by atoms with van der Waals surface area (Å²) in [4.78, 5) is 30.8. The largest absolute Gasteiger partial charge is 0.375 e. The molecule has 2 heterocycles. The first-order valence-electron chi connectivity index (χ1n) is 8.29. The average Bonchev–Trinajstić information content (AvgIpc) is 3.28. The van der Waals surface area contributed by atoms with Crippen LogP contribution in [0.1, 0.15) is 51.8 Å². The summed E-state index contributed by atoms with van der Waals surface area (Å²) in [5, 5.41) is 3.62. The number of nitrogen functional groups attached to an aromatic ring is 1. The third-order valence-corrected chi connectivity index (χ3v) is 5.74. The first-order valence-corrected chi connectivity index (χ1v) is 9.11. The number of nitrogens with two attached hydrogens (primary N) is 1. The quantitative estimate of drug-likeness (QED) is 0.889. The van der Waals surface area contributed by atoms with Crippen LogP contribution in [-0.2, 0) is 12.8 Å². The number of carbonyl (C=O) groups excluding carboxylic acids is 1. The van der Waals surface area contributed by atoms with Gasteiger partial charge in [0.15, 0.2) is 5.13 Å². The molecule has 126 valence electrons. The summed E-state index contributed by atoms with van der Waals surface area (Å²) in [5.74, 6) is -0.265. The number of thiazole rings is 1. The standard InChI is InChI=1S/C17H20N4O2S/c1-9-6-7-21(11-3-4-11)16(23)14(9)15(22)19-10-2-5-12-13(8-10)24-17(18)20-12/h6-7,10-11H,2-5,8H2,1H3,(H2,18,20)(H,19,22)/t10-/m0/s1. The summed E-state index contributed by atoms with van der Waals surface area (Å²) < 4.78 is 1.70. The fraction of sp³-hybridized carbons (Fsp3) is 0.471. The number of rotatable bonds is 3. The lowest BCUT2D eigenvalue weighted by molar-refractivity contribution is 0.0931. The summed E-state index contributed by atoms with van der Waals surface area (Å²) in [7, 11) is 0. The molecule has 3 N–H and O–H groups in total. The van der Waals surface area contributed by atoms with Crippen molar-refractivity contribution in [3.63, 3.8) is 0 Å². The van der Waals surface area contributed by atoms with E-state index in [1.54, 1.807) is 10.8 Å². The smallest absolute Gasteiger partial charge is 0.263 e. The highest BCUT2D eigenvalue weighted by molar-refractivity contribution is 7.15. The Morgan fingerprint density at radius 3 is 2.96 bits per heavy atom. The molecule has 1 fully saturated rings. The monoisotopic (exact) mass is 344 g/mol. The molecule has 4 rings (SSSR count). The molecule has 2 aromatic rings. The van der Waals surface area contributed by atoms with Crippen molar-refractivity contribution in [2.75, 3.05) is 5.73 Å². The number of fused-ring (bicyclic) bond motifs is 1. The maximum absolute atomic E-state index is 12.7. The van der Waals surface area contributed by atoms with Gasteiger partial charge in [-0.15, -0.1) is 11.3 Å². The van der Waals surface area contributed by atoms with Crippen LogP contribution in [0.3, 0.4) is 0 Å². The number of nitrogens with zero attached hydrogens (tertiary/aromatic N) is 2. The topological polar surface area (TPSA) is 90.0 Å². The maximum Gasteiger partial charge on any atom is 0.263 e. The van der Waals surface area contributed by atoms with Crippen LogP contribution in [0.4, 0.5) is 5.13 Å². The fourth-order valence-corrected chi connectivity index (χ4v) is 4.29. The fourth-order valence-electron chi connectivity index (χ4n) is 3.33. The second kappa shape index (κ2) is 5.73. The molecule has 0 bridgehead atoms. The van der Waals surface area contributed by atoms with E-state index in [4.69, 9.17) is 5.73 Å². The van der Waals surface area contributed by atoms with Gasteiger partial charge >= 0.3 is 0 Å². The van der Waals surface area contributed by atoms with Gasteiger partial charge in [0.05, 0.1) is 5.69 Å². The van der Waals surface area contributed by atoms with Gasteiger partial charge in [0.1, 0.15) is 5.56 Å². The molecule has 0 saturated heterocycles. The molecular formula is C17H20N4O2S. The SMILES string of the molecule is Cc1ccn(C2CC2)c(=O)c1C(=O)N[C@H]1CCc2nc(N)sc2C1. The number of hydrogen-bond acceptors (Lipinski definition) is 5. The van der Waals surface area contributed by atoms with Crippen molar-refractivity contribution in [2.45, 2.75) is 51.1 Å². The second-order valence-electron chi connectivity index (χ2n) is 6.65. The molecule has 2 aliphatic carbocycles. The molecule has 2 aliphatic rings. The highest BCUT2D eigenvalue weighted by atomic mass is 32.1. The van der Waals surface area contributed by atoms with Crippen LogP contribution >= 0.6 is 11.3 Å². The van der Waals surface area contributed by atoms with E-state index in [-0.39, 0.29) is 29.1 Å². The number of carbonyl (C=O) groups is 1. The van der Waals surface area contributed by atoms with Crippen molar-refractivity contribution in [1.82, 2.24) is 14.9 Å². The molecule has 0 spiro atoms. The van der Waals surface area contributed by atoms with Gasteiger partial charge in [-0.3, -0.25) is 9.59 Å². The Morgan fingerprint density at radius 1 is 1.42 bits per heavy atom. The van der Waals surface area contributed by atoms with Crippen LogP contribution in [0, 0.1) is 6.92 Å². The first kappa shape index (κ1) is 15.4. The van der Waals surface area contributed by atoms with E-state index in [1.165, 1.54) is 11.3 Å². The molecule has 2 aromatic heterocycles. The molecule has 6 nitrogen and oxygen atoms in total. The molecule has 0 unspecified atom stereocenters. The van der Waals surface area contributed by atoms with Crippen molar-refractivity contribution in [3.05, 3.63) is 44.3 Å². The Hall–Kier alpha value is -2.15. The Kier molecular flexibility index (Phi) is 3.68. The van der Waals surface area contributed by atoms with Crippen molar-refractivity contribution < 1.29 is 4.79 Å². The van der Waals surface area contributed by atoms with Crippen molar-refractivity contribution in [3.8, 4) is 0 Å². The van der Waals surface area contributed by atoms with Crippen LogP contribution in [0.15, 0.2) is 17.1 Å². The van der Waals surface area contributed by atoms with Gasteiger partial charge in [-0.1, -0.05) is 0 Å². The van der Waals surface area contributed by atoms with Gasteiger partial charge in [-0.2, -0.15) is 0 Å². The van der Waals surface area contributed by atoms with Crippen LogP contribution in [0.2, 0.25) is 0 Å². The Bertz CT molecular complexity index is 866.